The number of rotatable bonds is 4. The van der Waals surface area contributed by atoms with Crippen LogP contribution in [0.2, 0.25) is 0 Å². The van der Waals surface area contributed by atoms with Gasteiger partial charge in [0.2, 0.25) is 0 Å². The molecule has 6 nitrogen and oxygen atoms in total. The molecule has 23 heavy (non-hydrogen) atoms. The van der Waals surface area contributed by atoms with Gasteiger partial charge < -0.3 is 19.6 Å². The Morgan fingerprint density at radius 3 is 3.00 bits per heavy atom. The number of nitrogens with zero attached hydrogens (tertiary/aromatic N) is 1. The fraction of sp³-hybridized carbons (Fsp3) is 0.412. The first kappa shape index (κ1) is 15.5. The number of benzene rings is 1. The number of nitrogens with one attached hydrogen (secondary N) is 1. The summed E-state index contributed by atoms with van der Waals surface area (Å²) in [6.45, 7) is 2.50. The number of aryl methyl sites for hydroxylation is 1. The van der Waals surface area contributed by atoms with E-state index in [0.29, 0.717) is 24.3 Å². The van der Waals surface area contributed by atoms with Crippen molar-refractivity contribution in [1.29, 1.82) is 5.26 Å². The van der Waals surface area contributed by atoms with Crippen LogP contribution in [0.4, 0.5) is 0 Å². The molecule has 0 saturated carbocycles. The molecule has 0 fully saturated rings. The van der Waals surface area contributed by atoms with Gasteiger partial charge in [-0.2, -0.15) is 5.26 Å². The van der Waals surface area contributed by atoms with Gasteiger partial charge in [-0.25, -0.2) is 0 Å². The average molecular weight is 314 g/mol. The van der Waals surface area contributed by atoms with Gasteiger partial charge in [-0.3, -0.25) is 4.79 Å². The van der Waals surface area contributed by atoms with Crippen LogP contribution in [0.15, 0.2) is 12.1 Å². The molecule has 1 aliphatic rings. The second kappa shape index (κ2) is 5.69. The van der Waals surface area contributed by atoms with Crippen LogP contribution in [-0.2, 0) is 26.3 Å². The lowest BCUT2D eigenvalue weighted by atomic mass is 9.88. The van der Waals surface area contributed by atoms with E-state index in [1.165, 1.54) is 7.11 Å². The molecule has 1 aromatic heterocycles. The van der Waals surface area contributed by atoms with Crippen LogP contribution in [0.5, 0.6) is 0 Å². The maximum Gasteiger partial charge on any atom is 0.306 e. The molecule has 0 bridgehead atoms. The maximum atomic E-state index is 11.4. The summed E-state index contributed by atoms with van der Waals surface area (Å²) >= 11 is 0. The molecule has 0 saturated heterocycles. The van der Waals surface area contributed by atoms with Crippen molar-refractivity contribution in [2.75, 3.05) is 20.3 Å². The first-order chi connectivity index (χ1) is 11.0. The Bertz CT molecular complexity index is 818. The third kappa shape index (κ3) is 2.38. The SMILES string of the molecule is COCC1(CC(=O)O)OCCc2c1[nH]c1c(C)ccc(C#N)c21. The summed E-state index contributed by atoms with van der Waals surface area (Å²) in [5.41, 5.74) is 3.09. The third-order valence-electron chi connectivity index (χ3n) is 4.39. The van der Waals surface area contributed by atoms with Crippen LogP contribution < -0.4 is 0 Å². The Labute approximate surface area is 133 Å². The van der Waals surface area contributed by atoms with Gasteiger partial charge in [0.05, 0.1) is 42.5 Å². The number of aromatic amines is 1. The van der Waals surface area contributed by atoms with Crippen molar-refractivity contribution < 1.29 is 19.4 Å². The second-order valence-corrected chi connectivity index (χ2v) is 5.87. The number of carboxylic acid groups (broad SMARTS) is 1. The Morgan fingerprint density at radius 1 is 1.57 bits per heavy atom. The molecule has 1 aliphatic heterocycles. The van der Waals surface area contributed by atoms with Gasteiger partial charge in [0, 0.05) is 12.5 Å². The minimum atomic E-state index is -1.05. The highest BCUT2D eigenvalue weighted by molar-refractivity contribution is 5.93. The highest BCUT2D eigenvalue weighted by Gasteiger charge is 2.43. The first-order valence-corrected chi connectivity index (χ1v) is 7.42. The summed E-state index contributed by atoms with van der Waals surface area (Å²) in [4.78, 5) is 14.7. The lowest BCUT2D eigenvalue weighted by Crippen LogP contribution is -2.41. The predicted molar refractivity (Wildman–Crippen MR) is 83.2 cm³/mol. The van der Waals surface area contributed by atoms with Crippen molar-refractivity contribution in [1.82, 2.24) is 4.98 Å². The minimum absolute atomic E-state index is 0.139. The number of H-pyrrole nitrogens is 1. The number of carbonyl (C=O) groups is 1. The number of nitriles is 1. The van der Waals surface area contributed by atoms with Gasteiger partial charge >= 0.3 is 5.97 Å². The molecule has 0 amide bonds. The van der Waals surface area contributed by atoms with Gasteiger partial charge in [0.1, 0.15) is 5.60 Å². The van der Waals surface area contributed by atoms with Crippen molar-refractivity contribution >= 4 is 16.9 Å². The molecule has 0 radical (unpaired) electrons. The zero-order chi connectivity index (χ0) is 16.6. The molecule has 2 aromatic rings. The quantitative estimate of drug-likeness (QED) is 0.902. The molecular formula is C17H18N2O4. The van der Waals surface area contributed by atoms with E-state index in [1.807, 2.05) is 13.0 Å². The number of methoxy groups -OCH3 is 1. The van der Waals surface area contributed by atoms with E-state index in [-0.39, 0.29) is 13.0 Å². The molecule has 6 heteroatoms. The summed E-state index contributed by atoms with van der Waals surface area (Å²) in [6, 6.07) is 5.91. The monoisotopic (exact) mass is 314 g/mol. The van der Waals surface area contributed by atoms with Crippen LogP contribution in [0.25, 0.3) is 10.9 Å². The topological polar surface area (TPSA) is 95.3 Å². The van der Waals surface area contributed by atoms with Crippen LogP contribution >= 0.6 is 0 Å². The van der Waals surface area contributed by atoms with E-state index in [4.69, 9.17) is 9.47 Å². The minimum Gasteiger partial charge on any atom is -0.481 e. The van der Waals surface area contributed by atoms with Crippen LogP contribution in [0.3, 0.4) is 0 Å². The summed E-state index contributed by atoms with van der Waals surface area (Å²) < 4.78 is 11.1. The number of ether oxygens (including phenoxy) is 2. The van der Waals surface area contributed by atoms with E-state index in [9.17, 15) is 15.2 Å². The smallest absolute Gasteiger partial charge is 0.306 e. The van der Waals surface area contributed by atoms with E-state index < -0.39 is 11.6 Å². The summed E-state index contributed by atoms with van der Waals surface area (Å²) in [7, 11) is 1.52. The standard InChI is InChI=1S/C17H18N2O4/c1-10-3-4-11(8-18)14-12-5-6-23-17(9-22-2,7-13(20)21)16(12)19-15(10)14/h3-4,19H,5-7,9H2,1-2H3,(H,20,21). The van der Waals surface area contributed by atoms with Crippen molar-refractivity contribution in [3.8, 4) is 6.07 Å². The van der Waals surface area contributed by atoms with Crippen LogP contribution in [0, 0.1) is 18.3 Å². The number of aromatic nitrogens is 1. The van der Waals surface area contributed by atoms with Crippen molar-refractivity contribution in [3.05, 3.63) is 34.5 Å². The number of carboxylic acids is 1. The number of hydrogen-bond acceptors (Lipinski definition) is 4. The molecule has 0 spiro atoms. The average Bonchev–Trinajstić information content (AvgIpc) is 2.90. The molecular weight excluding hydrogens is 296 g/mol. The fourth-order valence-corrected chi connectivity index (χ4v) is 3.44. The largest absolute Gasteiger partial charge is 0.481 e. The molecule has 1 unspecified atom stereocenters. The third-order valence-corrected chi connectivity index (χ3v) is 4.39. The molecule has 2 heterocycles. The van der Waals surface area contributed by atoms with E-state index in [1.54, 1.807) is 6.07 Å². The van der Waals surface area contributed by atoms with E-state index in [2.05, 4.69) is 11.1 Å². The van der Waals surface area contributed by atoms with Gasteiger partial charge in [-0.1, -0.05) is 6.07 Å². The zero-order valence-corrected chi connectivity index (χ0v) is 13.1. The Kier molecular flexibility index (Phi) is 3.84. The highest BCUT2D eigenvalue weighted by Crippen LogP contribution is 2.41. The Hall–Kier alpha value is -2.36. The van der Waals surface area contributed by atoms with Gasteiger partial charge in [-0.15, -0.1) is 0 Å². The number of aliphatic carboxylic acids is 1. The zero-order valence-electron chi connectivity index (χ0n) is 13.1. The lowest BCUT2D eigenvalue weighted by molar-refractivity contribution is -0.155. The maximum absolute atomic E-state index is 11.4. The number of hydrogen-bond donors (Lipinski definition) is 2. The molecule has 1 atom stereocenters. The first-order valence-electron chi connectivity index (χ1n) is 7.42. The van der Waals surface area contributed by atoms with Crippen LogP contribution in [-0.4, -0.2) is 36.4 Å². The van der Waals surface area contributed by atoms with Gasteiger partial charge in [0.25, 0.3) is 0 Å². The summed E-state index contributed by atoms with van der Waals surface area (Å²) in [5.74, 6) is -0.953. The number of fused-ring (bicyclic) bond motifs is 3. The van der Waals surface area contributed by atoms with Gasteiger partial charge in [0.15, 0.2) is 0 Å². The summed E-state index contributed by atoms with van der Waals surface area (Å²) in [6.07, 6.45) is 0.445. The van der Waals surface area contributed by atoms with E-state index >= 15 is 0 Å². The molecule has 3 rings (SSSR count). The molecule has 1 aromatic carbocycles. The van der Waals surface area contributed by atoms with Crippen molar-refractivity contribution in [2.45, 2.75) is 25.4 Å². The fourth-order valence-electron chi connectivity index (χ4n) is 3.44. The highest BCUT2D eigenvalue weighted by atomic mass is 16.5. The van der Waals surface area contributed by atoms with Gasteiger partial charge in [-0.05, 0) is 30.5 Å². The molecule has 0 aliphatic carbocycles. The van der Waals surface area contributed by atoms with Crippen molar-refractivity contribution in [3.63, 3.8) is 0 Å². The predicted octanol–water partition coefficient (Wildman–Crippen LogP) is 2.24. The van der Waals surface area contributed by atoms with Crippen LogP contribution in [0.1, 0.15) is 28.8 Å². The Morgan fingerprint density at radius 2 is 2.35 bits per heavy atom. The normalized spacial score (nSPS) is 20.2. The van der Waals surface area contributed by atoms with E-state index in [0.717, 1.165) is 22.0 Å². The molecule has 2 N–H and O–H groups in total. The summed E-state index contributed by atoms with van der Waals surface area (Å²) in [5, 5.41) is 19.6. The molecule has 120 valence electrons. The lowest BCUT2D eigenvalue weighted by Gasteiger charge is -2.35. The van der Waals surface area contributed by atoms with Crippen molar-refractivity contribution in [2.24, 2.45) is 0 Å². The Balaban J connectivity index is 2.30. The second-order valence-electron chi connectivity index (χ2n) is 5.87.